The van der Waals surface area contributed by atoms with Crippen molar-refractivity contribution in [3.63, 3.8) is 0 Å². The summed E-state index contributed by atoms with van der Waals surface area (Å²) >= 11 is 0. The van der Waals surface area contributed by atoms with Gasteiger partial charge < -0.3 is 14.8 Å². The summed E-state index contributed by atoms with van der Waals surface area (Å²) in [5.41, 5.74) is 5.13. The lowest BCUT2D eigenvalue weighted by atomic mass is 10.0. The molecule has 1 aromatic carbocycles. The molecule has 4 aromatic rings. The van der Waals surface area contributed by atoms with Crippen LogP contribution >= 0.6 is 13.5 Å². The Kier molecular flexibility index (Phi) is 6.41. The van der Waals surface area contributed by atoms with Crippen molar-refractivity contribution >= 4 is 30.2 Å². The van der Waals surface area contributed by atoms with E-state index in [2.05, 4.69) is 57.3 Å². The van der Waals surface area contributed by atoms with E-state index >= 15 is 0 Å². The van der Waals surface area contributed by atoms with Crippen molar-refractivity contribution < 1.29 is 9.47 Å². The summed E-state index contributed by atoms with van der Waals surface area (Å²) in [6.07, 6.45) is 5.18. The molecular formula is C24H25N5O2S. The van der Waals surface area contributed by atoms with Crippen LogP contribution in [0.15, 0.2) is 55.1 Å². The zero-order valence-corrected chi connectivity index (χ0v) is 19.0. The number of benzene rings is 1. The number of ether oxygens (including phenoxy) is 2. The molecule has 0 amide bonds. The molecule has 4 heterocycles. The first-order valence-corrected chi connectivity index (χ1v) is 10.4. The Morgan fingerprint density at radius 2 is 1.88 bits per heavy atom. The molecule has 1 aliphatic heterocycles. The van der Waals surface area contributed by atoms with Crippen molar-refractivity contribution in [3.05, 3.63) is 66.2 Å². The lowest BCUT2D eigenvalue weighted by Crippen LogP contribution is -2.19. The van der Waals surface area contributed by atoms with E-state index in [0.717, 1.165) is 44.9 Å². The number of anilines is 1. The number of fused-ring (bicyclic) bond motifs is 2. The second-order valence-corrected chi connectivity index (χ2v) is 7.67. The molecule has 1 N–H and O–H groups in total. The van der Waals surface area contributed by atoms with Crippen LogP contribution in [0.25, 0.3) is 22.2 Å². The standard InChI is InChI=1S/C24H23N5O2.H2S/c1-15-10-18(11-17-4-3-6-25-22(15)17)20-12-21(29-14-28-20)27-13-16(2)19-5-7-26-24-23(19)30-8-9-31-24;/h3-7,10-12,14,16H,8-9,13H2,1-2H3,(H,27,28,29);1H2/t16-;/m1./s1. The Morgan fingerprint density at radius 1 is 1.00 bits per heavy atom. The first-order valence-electron chi connectivity index (χ1n) is 10.4. The minimum absolute atomic E-state index is 0. The number of aromatic nitrogens is 4. The predicted molar refractivity (Wildman–Crippen MR) is 130 cm³/mol. The van der Waals surface area contributed by atoms with E-state index in [4.69, 9.17) is 9.47 Å². The number of pyridine rings is 2. The van der Waals surface area contributed by atoms with Gasteiger partial charge in [-0.05, 0) is 36.8 Å². The maximum Gasteiger partial charge on any atom is 0.257 e. The van der Waals surface area contributed by atoms with Crippen molar-refractivity contribution in [1.29, 1.82) is 0 Å². The number of hydrogen-bond donors (Lipinski definition) is 1. The average Bonchev–Trinajstić information content (AvgIpc) is 2.82. The minimum atomic E-state index is 0. The van der Waals surface area contributed by atoms with Gasteiger partial charge >= 0.3 is 0 Å². The highest BCUT2D eigenvalue weighted by molar-refractivity contribution is 7.59. The number of nitrogens with zero attached hydrogens (tertiary/aromatic N) is 4. The summed E-state index contributed by atoms with van der Waals surface area (Å²) < 4.78 is 11.4. The zero-order chi connectivity index (χ0) is 21.2. The number of aryl methyl sites for hydroxylation is 1. The average molecular weight is 448 g/mol. The molecule has 8 heteroatoms. The molecule has 32 heavy (non-hydrogen) atoms. The first kappa shape index (κ1) is 21.8. The van der Waals surface area contributed by atoms with Gasteiger partial charge in [0.15, 0.2) is 5.75 Å². The molecule has 0 spiro atoms. The van der Waals surface area contributed by atoms with Crippen LogP contribution < -0.4 is 14.8 Å². The molecule has 164 valence electrons. The van der Waals surface area contributed by atoms with Gasteiger partial charge in [0.05, 0.1) is 11.2 Å². The van der Waals surface area contributed by atoms with E-state index in [-0.39, 0.29) is 19.4 Å². The van der Waals surface area contributed by atoms with Gasteiger partial charge in [0, 0.05) is 47.4 Å². The zero-order valence-electron chi connectivity index (χ0n) is 18.0. The van der Waals surface area contributed by atoms with E-state index < -0.39 is 0 Å². The van der Waals surface area contributed by atoms with Crippen LogP contribution in [0.5, 0.6) is 11.6 Å². The van der Waals surface area contributed by atoms with Crippen LogP contribution in [0.4, 0.5) is 5.82 Å². The normalized spacial score (nSPS) is 13.3. The molecule has 0 unspecified atom stereocenters. The highest BCUT2D eigenvalue weighted by atomic mass is 32.1. The maximum atomic E-state index is 5.81. The van der Waals surface area contributed by atoms with E-state index in [1.165, 1.54) is 0 Å². The van der Waals surface area contributed by atoms with E-state index in [1.54, 1.807) is 12.5 Å². The van der Waals surface area contributed by atoms with Crippen molar-refractivity contribution in [1.82, 2.24) is 19.9 Å². The van der Waals surface area contributed by atoms with Crippen molar-refractivity contribution in [2.24, 2.45) is 0 Å². The SMILES string of the molecule is Cc1cc(-c2cc(NC[C@@H](C)c3ccnc4c3OCCO4)ncn2)cc2cccnc12.S. The van der Waals surface area contributed by atoms with Gasteiger partial charge in [-0.25, -0.2) is 15.0 Å². The second-order valence-electron chi connectivity index (χ2n) is 7.67. The maximum absolute atomic E-state index is 5.81. The fourth-order valence-corrected chi connectivity index (χ4v) is 3.86. The first-order chi connectivity index (χ1) is 15.2. The Morgan fingerprint density at radius 3 is 2.78 bits per heavy atom. The minimum Gasteiger partial charge on any atom is -0.484 e. The third kappa shape index (κ3) is 4.31. The van der Waals surface area contributed by atoms with E-state index in [0.29, 0.717) is 25.6 Å². The van der Waals surface area contributed by atoms with Crippen molar-refractivity contribution in [3.8, 4) is 22.9 Å². The summed E-state index contributed by atoms with van der Waals surface area (Å²) in [6.45, 7) is 5.98. The lowest BCUT2D eigenvalue weighted by molar-refractivity contribution is 0.162. The molecule has 0 saturated heterocycles. The molecule has 0 fully saturated rings. The molecule has 1 atom stereocenters. The topological polar surface area (TPSA) is 82.1 Å². The second kappa shape index (κ2) is 9.40. The predicted octanol–water partition coefficient (Wildman–Crippen LogP) is 4.49. The fourth-order valence-electron chi connectivity index (χ4n) is 3.86. The number of nitrogens with one attached hydrogen (secondary N) is 1. The van der Waals surface area contributed by atoms with Crippen LogP contribution in [-0.2, 0) is 0 Å². The van der Waals surface area contributed by atoms with Gasteiger partial charge in [0.1, 0.15) is 25.4 Å². The molecule has 0 bridgehead atoms. The third-order valence-electron chi connectivity index (χ3n) is 5.45. The largest absolute Gasteiger partial charge is 0.484 e. The van der Waals surface area contributed by atoms with E-state index in [1.807, 2.05) is 24.4 Å². The Balaban J connectivity index is 0.00000245. The molecule has 0 saturated carbocycles. The molecular weight excluding hydrogens is 422 g/mol. The van der Waals surface area contributed by atoms with Crippen LogP contribution in [0.1, 0.15) is 24.0 Å². The van der Waals surface area contributed by atoms with Crippen LogP contribution in [0.2, 0.25) is 0 Å². The monoisotopic (exact) mass is 447 g/mol. The van der Waals surface area contributed by atoms with Gasteiger partial charge in [-0.1, -0.05) is 13.0 Å². The summed E-state index contributed by atoms with van der Waals surface area (Å²) in [4.78, 5) is 17.6. The van der Waals surface area contributed by atoms with Crippen LogP contribution in [0, 0.1) is 6.92 Å². The quantitative estimate of drug-likeness (QED) is 0.482. The van der Waals surface area contributed by atoms with Gasteiger partial charge in [0.25, 0.3) is 5.88 Å². The smallest absolute Gasteiger partial charge is 0.257 e. The van der Waals surface area contributed by atoms with Crippen LogP contribution in [0.3, 0.4) is 0 Å². The number of hydrogen-bond acceptors (Lipinski definition) is 7. The van der Waals surface area contributed by atoms with Gasteiger partial charge in [-0.3, -0.25) is 4.98 Å². The third-order valence-corrected chi connectivity index (χ3v) is 5.45. The molecule has 0 radical (unpaired) electrons. The molecule has 7 nitrogen and oxygen atoms in total. The Hall–Kier alpha value is -3.39. The summed E-state index contributed by atoms with van der Waals surface area (Å²) in [6, 6.07) is 12.2. The highest BCUT2D eigenvalue weighted by Gasteiger charge is 2.20. The van der Waals surface area contributed by atoms with E-state index in [9.17, 15) is 0 Å². The highest BCUT2D eigenvalue weighted by Crippen LogP contribution is 2.35. The number of rotatable bonds is 5. The fraction of sp³-hybridized carbons (Fsp3) is 0.250. The molecule has 0 aliphatic carbocycles. The lowest BCUT2D eigenvalue weighted by Gasteiger charge is -2.22. The van der Waals surface area contributed by atoms with Crippen LogP contribution in [-0.4, -0.2) is 39.7 Å². The van der Waals surface area contributed by atoms with Crippen molar-refractivity contribution in [2.45, 2.75) is 19.8 Å². The molecule has 5 rings (SSSR count). The van der Waals surface area contributed by atoms with Crippen molar-refractivity contribution in [2.75, 3.05) is 25.1 Å². The summed E-state index contributed by atoms with van der Waals surface area (Å²) in [5, 5.41) is 4.53. The van der Waals surface area contributed by atoms with Gasteiger partial charge in [-0.2, -0.15) is 13.5 Å². The Bertz CT molecular complexity index is 1250. The summed E-state index contributed by atoms with van der Waals surface area (Å²) in [7, 11) is 0. The summed E-state index contributed by atoms with van der Waals surface area (Å²) in [5.74, 6) is 2.28. The molecule has 3 aromatic heterocycles. The Labute approximate surface area is 193 Å². The van der Waals surface area contributed by atoms with Gasteiger partial charge in [-0.15, -0.1) is 0 Å². The molecule has 1 aliphatic rings. The van der Waals surface area contributed by atoms with Gasteiger partial charge in [0.2, 0.25) is 0 Å².